The van der Waals surface area contributed by atoms with Gasteiger partial charge < -0.3 is 20.0 Å². The summed E-state index contributed by atoms with van der Waals surface area (Å²) < 4.78 is 61.8. The molecule has 0 atom stereocenters. The molecular weight excluding hydrogens is 415 g/mol. The van der Waals surface area contributed by atoms with Gasteiger partial charge in [-0.3, -0.25) is 0 Å². The lowest BCUT2D eigenvalue weighted by molar-refractivity contribution is 0.291. The van der Waals surface area contributed by atoms with E-state index in [1.165, 1.54) is 25.2 Å². The number of hydrogen-bond donors (Lipinski definition) is 1. The summed E-state index contributed by atoms with van der Waals surface area (Å²) in [5, 5.41) is 3.27. The van der Waals surface area contributed by atoms with Crippen LogP contribution in [-0.4, -0.2) is 76.3 Å². The molecule has 2 aliphatic heterocycles. The highest BCUT2D eigenvalue weighted by molar-refractivity contribution is 5.47. The van der Waals surface area contributed by atoms with Gasteiger partial charge in [0, 0.05) is 82.3 Å². The van der Waals surface area contributed by atoms with Crippen molar-refractivity contribution in [1.82, 2.24) is 15.1 Å². The maximum absolute atomic E-state index is 13.0. The topological polar surface area (TPSA) is 21.8 Å². The second-order valence-electron chi connectivity index (χ2n) is 7.56. The Hall–Kier alpha value is -2.23. The van der Waals surface area contributed by atoms with Gasteiger partial charge in [0.05, 0.1) is 0 Å². The van der Waals surface area contributed by atoms with Crippen LogP contribution in [0.3, 0.4) is 0 Å². The zero-order chi connectivity index (χ0) is 22.8. The molecule has 2 heterocycles. The fraction of sp³-hybridized carbons (Fsp3) is 0.455. The summed E-state index contributed by atoms with van der Waals surface area (Å²) >= 11 is 0. The first-order chi connectivity index (χ1) is 14.7. The minimum Gasteiger partial charge on any atom is -0.369 e. The maximum Gasteiger partial charge on any atom is 0.129 e. The summed E-state index contributed by atoms with van der Waals surface area (Å²) in [5.74, 6) is -3.71. The van der Waals surface area contributed by atoms with Gasteiger partial charge in [0.25, 0.3) is 0 Å². The molecule has 0 amide bonds. The number of anilines is 1. The van der Waals surface area contributed by atoms with Gasteiger partial charge in [0.15, 0.2) is 0 Å². The number of halogens is 5. The van der Waals surface area contributed by atoms with Crippen LogP contribution >= 0.6 is 0 Å². The molecule has 2 aromatic rings. The molecule has 0 radical (unpaired) electrons. The van der Waals surface area contributed by atoms with Gasteiger partial charge in [-0.2, -0.15) is 0 Å². The van der Waals surface area contributed by atoms with Crippen LogP contribution < -0.4 is 10.2 Å². The first-order valence-corrected chi connectivity index (χ1v) is 10.1. The van der Waals surface area contributed by atoms with Crippen molar-refractivity contribution in [1.29, 1.82) is 0 Å². The second kappa shape index (κ2) is 12.6. The van der Waals surface area contributed by atoms with Gasteiger partial charge >= 0.3 is 0 Å². The molecule has 9 heteroatoms. The Morgan fingerprint density at radius 2 is 0.903 bits per heavy atom. The van der Waals surface area contributed by atoms with Crippen molar-refractivity contribution < 1.29 is 22.0 Å². The Morgan fingerprint density at radius 3 is 1.26 bits per heavy atom. The maximum atomic E-state index is 13.0. The largest absolute Gasteiger partial charge is 0.369 e. The third kappa shape index (κ3) is 9.63. The first-order valence-electron chi connectivity index (χ1n) is 10.1. The molecule has 4 rings (SSSR count). The SMILES string of the molecule is CN1CCN(c2cc(F)cc(F)c2)CC1.CN1CCNCC1.Fc1cc(F)cc(F)c1. The van der Waals surface area contributed by atoms with Crippen molar-refractivity contribution in [2.75, 3.05) is 71.4 Å². The number of nitrogens with zero attached hydrogens (tertiary/aromatic N) is 3. The fourth-order valence-electron chi connectivity index (χ4n) is 3.08. The van der Waals surface area contributed by atoms with Crippen LogP contribution in [0.25, 0.3) is 0 Å². The van der Waals surface area contributed by atoms with E-state index in [1.54, 1.807) is 0 Å². The lowest BCUT2D eigenvalue weighted by Gasteiger charge is -2.34. The van der Waals surface area contributed by atoms with Crippen molar-refractivity contribution in [2.45, 2.75) is 0 Å². The Kier molecular flexibility index (Phi) is 10.2. The second-order valence-corrected chi connectivity index (χ2v) is 7.56. The van der Waals surface area contributed by atoms with Gasteiger partial charge in [-0.25, -0.2) is 22.0 Å². The summed E-state index contributed by atoms with van der Waals surface area (Å²) in [5.41, 5.74) is 0.639. The lowest BCUT2D eigenvalue weighted by Crippen LogP contribution is -2.44. The van der Waals surface area contributed by atoms with Crippen LogP contribution in [0.1, 0.15) is 0 Å². The zero-order valence-electron chi connectivity index (χ0n) is 17.9. The molecule has 0 spiro atoms. The smallest absolute Gasteiger partial charge is 0.129 e. The minimum absolute atomic E-state index is 0.510. The van der Waals surface area contributed by atoms with Crippen LogP contribution in [0.4, 0.5) is 27.6 Å². The van der Waals surface area contributed by atoms with E-state index in [0.29, 0.717) is 23.9 Å². The van der Waals surface area contributed by atoms with Gasteiger partial charge in [0.1, 0.15) is 29.1 Å². The average Bonchev–Trinajstić information content (AvgIpc) is 2.68. The summed E-state index contributed by atoms with van der Waals surface area (Å²) in [6.07, 6.45) is 0. The average molecular weight is 444 g/mol. The number of hydrogen-bond acceptors (Lipinski definition) is 4. The van der Waals surface area contributed by atoms with E-state index in [4.69, 9.17) is 0 Å². The monoisotopic (exact) mass is 444 g/mol. The summed E-state index contributed by atoms with van der Waals surface area (Å²) in [7, 11) is 4.20. The Labute approximate surface area is 180 Å². The van der Waals surface area contributed by atoms with Crippen LogP contribution in [0.2, 0.25) is 0 Å². The standard InChI is InChI=1S/C11H14F2N2.C6H3F3.C5H12N2/c1-14-2-4-15(5-3-14)11-7-9(12)6-10(13)8-11;7-4-1-5(8)3-6(9)2-4;1-7-4-2-6-3-5-7/h6-8H,2-5H2,1H3;1-3H;6H,2-5H2,1H3. The normalized spacial score (nSPS) is 17.3. The van der Waals surface area contributed by atoms with Crippen LogP contribution in [0, 0.1) is 29.1 Å². The highest BCUT2D eigenvalue weighted by Gasteiger charge is 2.15. The molecule has 2 saturated heterocycles. The van der Waals surface area contributed by atoms with E-state index in [2.05, 4.69) is 22.2 Å². The molecule has 0 unspecified atom stereocenters. The molecule has 172 valence electrons. The lowest BCUT2D eigenvalue weighted by atomic mass is 10.2. The van der Waals surface area contributed by atoms with Gasteiger partial charge in [-0.1, -0.05) is 0 Å². The molecule has 31 heavy (non-hydrogen) atoms. The third-order valence-electron chi connectivity index (χ3n) is 4.88. The van der Waals surface area contributed by atoms with Crippen molar-refractivity contribution in [3.8, 4) is 0 Å². The fourth-order valence-corrected chi connectivity index (χ4v) is 3.08. The number of rotatable bonds is 1. The quantitative estimate of drug-likeness (QED) is 0.681. The highest BCUT2D eigenvalue weighted by atomic mass is 19.2. The van der Waals surface area contributed by atoms with Gasteiger partial charge in [-0.15, -0.1) is 0 Å². The predicted molar refractivity (Wildman–Crippen MR) is 113 cm³/mol. The van der Waals surface area contributed by atoms with E-state index in [0.717, 1.165) is 45.3 Å². The Morgan fingerprint density at radius 1 is 0.548 bits per heavy atom. The molecule has 2 aromatic carbocycles. The summed E-state index contributed by atoms with van der Waals surface area (Å²) in [6.45, 7) is 8.24. The zero-order valence-corrected chi connectivity index (χ0v) is 17.9. The van der Waals surface area contributed by atoms with Gasteiger partial charge in [0.2, 0.25) is 0 Å². The molecular formula is C22H29F5N4. The minimum atomic E-state index is -0.896. The molecule has 0 aliphatic carbocycles. The number of piperazine rings is 2. The van der Waals surface area contributed by atoms with Crippen molar-refractivity contribution in [2.24, 2.45) is 0 Å². The molecule has 4 nitrogen and oxygen atoms in total. The van der Waals surface area contributed by atoms with E-state index in [9.17, 15) is 22.0 Å². The summed E-state index contributed by atoms with van der Waals surface area (Å²) in [4.78, 5) is 6.54. The van der Waals surface area contributed by atoms with Crippen molar-refractivity contribution in [3.63, 3.8) is 0 Å². The highest BCUT2D eigenvalue weighted by Crippen LogP contribution is 2.19. The molecule has 2 fully saturated rings. The molecule has 0 saturated carbocycles. The third-order valence-corrected chi connectivity index (χ3v) is 4.88. The van der Waals surface area contributed by atoms with Crippen molar-refractivity contribution in [3.05, 3.63) is 65.5 Å². The van der Waals surface area contributed by atoms with Crippen LogP contribution in [0.15, 0.2) is 36.4 Å². The van der Waals surface area contributed by atoms with Crippen molar-refractivity contribution >= 4 is 5.69 Å². The number of benzene rings is 2. The van der Waals surface area contributed by atoms with E-state index >= 15 is 0 Å². The Bertz CT molecular complexity index is 736. The molecule has 2 aliphatic rings. The number of likely N-dealkylation sites (N-methyl/N-ethyl adjacent to an activating group) is 2. The van der Waals surface area contributed by atoms with E-state index in [-0.39, 0.29) is 0 Å². The van der Waals surface area contributed by atoms with Crippen LogP contribution in [0.5, 0.6) is 0 Å². The molecule has 0 aromatic heterocycles. The predicted octanol–water partition coefficient (Wildman–Crippen LogP) is 3.34. The van der Waals surface area contributed by atoms with E-state index in [1.807, 2.05) is 11.9 Å². The summed E-state index contributed by atoms with van der Waals surface area (Å²) in [6, 6.07) is 5.51. The Balaban J connectivity index is 0.000000181. The first kappa shape index (κ1) is 25.0. The number of nitrogens with one attached hydrogen (secondary N) is 1. The molecule has 1 N–H and O–H groups in total. The molecule has 0 bridgehead atoms. The van der Waals surface area contributed by atoms with E-state index < -0.39 is 29.1 Å². The van der Waals surface area contributed by atoms with Gasteiger partial charge in [-0.05, 0) is 26.2 Å². The van der Waals surface area contributed by atoms with Crippen LogP contribution in [-0.2, 0) is 0 Å².